The molecule has 0 aromatic heterocycles. The Kier molecular flexibility index (Phi) is 2.45. The largest absolute Gasteiger partial charge is 0.404 e. The van der Waals surface area contributed by atoms with Gasteiger partial charge in [0.2, 0.25) is 0 Å². The maximum atomic E-state index is 5.84. The lowest BCUT2D eigenvalue weighted by molar-refractivity contribution is 0.965. The van der Waals surface area contributed by atoms with Crippen molar-refractivity contribution in [2.24, 2.45) is 5.73 Å². The van der Waals surface area contributed by atoms with Gasteiger partial charge in [0, 0.05) is 11.8 Å². The lowest BCUT2D eigenvalue weighted by atomic mass is 9.95. The molecule has 0 radical (unpaired) electrons. The highest BCUT2D eigenvalue weighted by Crippen LogP contribution is 2.32. The Morgan fingerprint density at radius 2 is 1.24 bits per heavy atom. The van der Waals surface area contributed by atoms with Crippen LogP contribution in [0.25, 0.3) is 5.57 Å². The molecule has 2 N–H and O–H groups in total. The van der Waals surface area contributed by atoms with Crippen molar-refractivity contribution in [3.8, 4) is 0 Å². The van der Waals surface area contributed by atoms with Gasteiger partial charge in [0.25, 0.3) is 0 Å². The molecule has 1 nitrogen and oxygen atoms in total. The minimum absolute atomic E-state index is 1.09. The molecule has 0 unspecified atom stereocenters. The number of fused-ring (bicyclic) bond motifs is 2. The molecule has 0 aliphatic heterocycles. The number of hydrogen-bond donors (Lipinski definition) is 1. The van der Waals surface area contributed by atoms with Crippen molar-refractivity contribution < 1.29 is 0 Å². The van der Waals surface area contributed by atoms with Crippen molar-refractivity contribution in [1.29, 1.82) is 0 Å². The molecule has 0 atom stereocenters. The zero-order chi connectivity index (χ0) is 11.7. The lowest BCUT2D eigenvalue weighted by Gasteiger charge is -2.10. The van der Waals surface area contributed by atoms with Gasteiger partial charge in [-0.05, 0) is 35.1 Å². The minimum Gasteiger partial charge on any atom is -0.404 e. The Morgan fingerprint density at radius 3 is 1.71 bits per heavy atom. The van der Waals surface area contributed by atoms with Crippen LogP contribution in [0.4, 0.5) is 0 Å². The second-order valence-corrected chi connectivity index (χ2v) is 4.39. The van der Waals surface area contributed by atoms with Crippen LogP contribution >= 0.6 is 0 Å². The first-order valence-corrected chi connectivity index (χ1v) is 5.98. The van der Waals surface area contributed by atoms with Crippen molar-refractivity contribution in [2.45, 2.75) is 12.8 Å². The fourth-order valence-electron chi connectivity index (χ4n) is 2.60. The van der Waals surface area contributed by atoms with Crippen LogP contribution in [0.2, 0.25) is 0 Å². The summed E-state index contributed by atoms with van der Waals surface area (Å²) in [6.45, 7) is 0. The van der Waals surface area contributed by atoms with E-state index >= 15 is 0 Å². The standard InChI is InChI=1S/C16H15N/c17-11-16-14-7-3-1-5-12(14)9-10-13-6-2-4-8-15(13)16/h1-8,11H,9-10,17H2. The smallest absolute Gasteiger partial charge is 0.00491 e. The van der Waals surface area contributed by atoms with E-state index in [0.717, 1.165) is 18.4 Å². The fraction of sp³-hybridized carbons (Fsp3) is 0.125. The molecule has 0 heterocycles. The molecular formula is C16H15N. The molecule has 0 amide bonds. The van der Waals surface area contributed by atoms with Crippen LogP contribution in [-0.4, -0.2) is 0 Å². The fourth-order valence-corrected chi connectivity index (χ4v) is 2.60. The third kappa shape index (κ3) is 1.64. The summed E-state index contributed by atoms with van der Waals surface area (Å²) in [6, 6.07) is 17.1. The summed E-state index contributed by atoms with van der Waals surface area (Å²) in [4.78, 5) is 0. The predicted molar refractivity (Wildman–Crippen MR) is 71.6 cm³/mol. The van der Waals surface area contributed by atoms with Gasteiger partial charge in [-0.3, -0.25) is 0 Å². The summed E-state index contributed by atoms with van der Waals surface area (Å²) in [5.74, 6) is 0. The number of aryl methyl sites for hydroxylation is 2. The lowest BCUT2D eigenvalue weighted by Crippen LogP contribution is -1.95. The van der Waals surface area contributed by atoms with Gasteiger partial charge in [0.15, 0.2) is 0 Å². The quantitative estimate of drug-likeness (QED) is 0.726. The Bertz CT molecular complexity index is 532. The predicted octanol–water partition coefficient (Wildman–Crippen LogP) is 3.13. The van der Waals surface area contributed by atoms with E-state index in [2.05, 4.69) is 48.5 Å². The van der Waals surface area contributed by atoms with Gasteiger partial charge in [-0.25, -0.2) is 0 Å². The van der Waals surface area contributed by atoms with E-state index in [1.807, 2.05) is 0 Å². The highest BCUT2D eigenvalue weighted by atomic mass is 14.5. The molecule has 17 heavy (non-hydrogen) atoms. The van der Waals surface area contributed by atoms with Crippen molar-refractivity contribution in [1.82, 2.24) is 0 Å². The highest BCUT2D eigenvalue weighted by molar-refractivity contribution is 5.83. The van der Waals surface area contributed by atoms with E-state index in [1.165, 1.54) is 22.3 Å². The van der Waals surface area contributed by atoms with E-state index in [9.17, 15) is 0 Å². The topological polar surface area (TPSA) is 26.0 Å². The monoisotopic (exact) mass is 221 g/mol. The average molecular weight is 221 g/mol. The zero-order valence-corrected chi connectivity index (χ0v) is 9.69. The normalized spacial score (nSPS) is 13.5. The first-order chi connectivity index (χ1) is 8.40. The van der Waals surface area contributed by atoms with Crippen molar-refractivity contribution >= 4 is 5.57 Å². The van der Waals surface area contributed by atoms with Gasteiger partial charge in [0.05, 0.1) is 0 Å². The molecule has 0 saturated carbocycles. The Hall–Kier alpha value is -2.02. The molecule has 84 valence electrons. The third-order valence-electron chi connectivity index (χ3n) is 3.45. The number of benzene rings is 2. The summed E-state index contributed by atoms with van der Waals surface area (Å²) >= 11 is 0. The van der Waals surface area contributed by atoms with Crippen LogP contribution in [-0.2, 0) is 12.8 Å². The van der Waals surface area contributed by atoms with E-state index < -0.39 is 0 Å². The summed E-state index contributed by atoms with van der Waals surface area (Å²) in [6.07, 6.45) is 3.91. The zero-order valence-electron chi connectivity index (χ0n) is 9.69. The molecule has 2 aromatic carbocycles. The van der Waals surface area contributed by atoms with E-state index in [1.54, 1.807) is 6.20 Å². The molecule has 0 fully saturated rings. The maximum Gasteiger partial charge on any atom is 0.00491 e. The molecule has 1 aliphatic rings. The summed E-state index contributed by atoms with van der Waals surface area (Å²) in [5, 5.41) is 0. The first kappa shape index (κ1) is 10.2. The first-order valence-electron chi connectivity index (χ1n) is 5.98. The number of rotatable bonds is 0. The van der Waals surface area contributed by atoms with Crippen LogP contribution in [0.5, 0.6) is 0 Å². The Balaban J connectivity index is 2.27. The molecule has 0 spiro atoms. The van der Waals surface area contributed by atoms with Gasteiger partial charge in [-0.1, -0.05) is 48.5 Å². The van der Waals surface area contributed by atoms with Crippen molar-refractivity contribution in [3.63, 3.8) is 0 Å². The maximum absolute atomic E-state index is 5.84. The molecule has 1 aliphatic carbocycles. The Labute approximate surface area is 102 Å². The van der Waals surface area contributed by atoms with Crippen molar-refractivity contribution in [3.05, 3.63) is 77.0 Å². The summed E-state index contributed by atoms with van der Waals surface area (Å²) in [5.41, 5.74) is 12.3. The minimum atomic E-state index is 1.09. The van der Waals surface area contributed by atoms with E-state index in [4.69, 9.17) is 5.73 Å². The van der Waals surface area contributed by atoms with Crippen LogP contribution in [0.15, 0.2) is 54.7 Å². The van der Waals surface area contributed by atoms with Crippen LogP contribution < -0.4 is 5.73 Å². The highest BCUT2D eigenvalue weighted by Gasteiger charge is 2.16. The second kappa shape index (κ2) is 4.10. The van der Waals surface area contributed by atoms with Gasteiger partial charge in [-0.2, -0.15) is 0 Å². The van der Waals surface area contributed by atoms with Gasteiger partial charge < -0.3 is 5.73 Å². The Morgan fingerprint density at radius 1 is 0.765 bits per heavy atom. The average Bonchev–Trinajstić information content (AvgIpc) is 2.55. The van der Waals surface area contributed by atoms with Crippen LogP contribution in [0.1, 0.15) is 22.3 Å². The SMILES string of the molecule is NC=C1c2ccccc2CCc2ccccc21. The van der Waals surface area contributed by atoms with E-state index in [-0.39, 0.29) is 0 Å². The molecule has 2 aromatic rings. The van der Waals surface area contributed by atoms with E-state index in [0.29, 0.717) is 0 Å². The number of hydrogen-bond acceptors (Lipinski definition) is 1. The summed E-state index contributed by atoms with van der Waals surface area (Å²) < 4.78 is 0. The van der Waals surface area contributed by atoms with Crippen molar-refractivity contribution in [2.75, 3.05) is 0 Å². The van der Waals surface area contributed by atoms with Crippen LogP contribution in [0, 0.1) is 0 Å². The molecule has 0 bridgehead atoms. The molecule has 0 saturated heterocycles. The number of nitrogens with two attached hydrogens (primary N) is 1. The molecule has 3 rings (SSSR count). The van der Waals surface area contributed by atoms with Crippen LogP contribution in [0.3, 0.4) is 0 Å². The second-order valence-electron chi connectivity index (χ2n) is 4.39. The van der Waals surface area contributed by atoms with Gasteiger partial charge >= 0.3 is 0 Å². The molecular weight excluding hydrogens is 206 g/mol. The third-order valence-corrected chi connectivity index (χ3v) is 3.45. The summed E-state index contributed by atoms with van der Waals surface area (Å²) in [7, 11) is 0. The van der Waals surface area contributed by atoms with Gasteiger partial charge in [0.1, 0.15) is 0 Å². The van der Waals surface area contributed by atoms with Gasteiger partial charge in [-0.15, -0.1) is 0 Å². The molecule has 1 heteroatoms.